The number of nitrogens with one attached hydrogen (secondary N) is 1. The number of rotatable bonds is 12. The molecule has 1 fully saturated rings. The molecule has 0 spiro atoms. The zero-order valence-electron chi connectivity index (χ0n) is 27.9. The van der Waals surface area contributed by atoms with Crippen molar-refractivity contribution in [1.82, 2.24) is 9.55 Å². The normalized spacial score (nSPS) is 20.4. The minimum Gasteiger partial charge on any atom is -0.497 e. The number of hydrogen-bond acceptors (Lipinski definition) is 8. The molecular weight excluding hydrogens is 668 g/mol. The van der Waals surface area contributed by atoms with Crippen molar-refractivity contribution in [3.05, 3.63) is 135 Å². The molecule has 0 aliphatic carbocycles. The maximum absolute atomic E-state index is 13.1. The average Bonchev–Trinajstić information content (AvgIpc) is 3.37. The second-order valence-electron chi connectivity index (χ2n) is 13.2. The molecule has 1 aliphatic heterocycles. The lowest BCUT2D eigenvalue weighted by Crippen LogP contribution is -2.50. The van der Waals surface area contributed by atoms with Crippen LogP contribution in [-0.2, 0) is 28.6 Å². The van der Waals surface area contributed by atoms with E-state index >= 15 is 0 Å². The molecule has 254 valence electrons. The Balaban J connectivity index is 1.64. The molecule has 1 saturated heterocycles. The summed E-state index contributed by atoms with van der Waals surface area (Å²) in [5.41, 5.74) is 0.206. The van der Waals surface area contributed by atoms with Gasteiger partial charge in [-0.3, -0.25) is 14.3 Å². The fraction of sp³-hybridized carbons (Fsp3) is 0.371. The first kappa shape index (κ1) is 35.9. The van der Waals surface area contributed by atoms with Crippen LogP contribution in [0.1, 0.15) is 43.7 Å². The maximum atomic E-state index is 13.1. The summed E-state index contributed by atoms with van der Waals surface area (Å²) in [6.45, 7) is 10.4. The van der Waals surface area contributed by atoms with E-state index in [1.165, 1.54) is 16.8 Å². The smallest absolute Gasteiger partial charge is 0.497 e. The van der Waals surface area contributed by atoms with E-state index in [0.717, 1.165) is 16.7 Å². The zero-order valence-corrected chi connectivity index (χ0v) is 30.7. The van der Waals surface area contributed by atoms with E-state index < -0.39 is 56.9 Å². The van der Waals surface area contributed by atoms with Gasteiger partial charge in [0, 0.05) is 12.3 Å². The van der Waals surface area contributed by atoms with Crippen molar-refractivity contribution in [2.45, 2.75) is 69.0 Å². The van der Waals surface area contributed by atoms with E-state index in [1.54, 1.807) is 7.11 Å². The molecule has 0 radical (unpaired) electrons. The van der Waals surface area contributed by atoms with Gasteiger partial charge >= 0.3 is 12.9 Å². The first-order chi connectivity index (χ1) is 22.8. The molecule has 5 atom stereocenters. The SMILES string of the molecule is COc1ccc(C(OC[C@H]2O[C@@H](n3ccc(=O)[nH]c3=O)[C@H](O[Si](C)(C)C(C)(C)C)[C@@H]2O[P+](=O)S)(c2ccccc2)c2ccccc2)cc1. The molecule has 4 aromatic rings. The first-order valence-electron chi connectivity index (χ1n) is 15.6. The number of H-pyrrole nitrogens is 1. The van der Waals surface area contributed by atoms with Gasteiger partial charge in [0.1, 0.15) is 35.8 Å². The number of ether oxygens (including phenoxy) is 3. The van der Waals surface area contributed by atoms with Crippen LogP contribution in [0.4, 0.5) is 0 Å². The van der Waals surface area contributed by atoms with Crippen molar-refractivity contribution in [1.29, 1.82) is 0 Å². The minimum atomic E-state index is -2.54. The Morgan fingerprint density at radius 3 is 1.94 bits per heavy atom. The second-order valence-corrected chi connectivity index (χ2v) is 19.6. The van der Waals surface area contributed by atoms with Gasteiger partial charge in [-0.1, -0.05) is 93.6 Å². The van der Waals surface area contributed by atoms with Gasteiger partial charge in [0.2, 0.25) is 0 Å². The van der Waals surface area contributed by atoms with Crippen molar-refractivity contribution >= 4 is 27.8 Å². The van der Waals surface area contributed by atoms with E-state index in [0.29, 0.717) is 5.75 Å². The van der Waals surface area contributed by atoms with E-state index in [4.69, 9.17) is 23.2 Å². The molecule has 48 heavy (non-hydrogen) atoms. The summed E-state index contributed by atoms with van der Waals surface area (Å²) in [5.74, 6) is 0.693. The molecule has 5 rings (SSSR count). The third-order valence-electron chi connectivity index (χ3n) is 9.18. The lowest BCUT2D eigenvalue weighted by Gasteiger charge is -2.40. The molecule has 1 aliphatic rings. The quantitative estimate of drug-likeness (QED) is 0.0713. The summed E-state index contributed by atoms with van der Waals surface area (Å²) in [5, 5.41) is -0.222. The first-order valence-corrected chi connectivity index (χ1v) is 20.9. The van der Waals surface area contributed by atoms with Crippen molar-refractivity contribution in [3.8, 4) is 5.75 Å². The number of thiol groups is 1. The Kier molecular flexibility index (Phi) is 11.0. The monoisotopic (exact) mass is 709 g/mol. The summed E-state index contributed by atoms with van der Waals surface area (Å²) in [6.07, 6.45) is -2.39. The van der Waals surface area contributed by atoms with Crippen LogP contribution in [0.5, 0.6) is 5.75 Å². The lowest BCUT2D eigenvalue weighted by molar-refractivity contribution is -0.0932. The molecule has 10 nitrogen and oxygen atoms in total. The molecular formula is C35H42N2O8PSSi+. The third-order valence-corrected chi connectivity index (χ3v) is 14.4. The number of nitrogens with zero attached hydrogens (tertiary/aromatic N) is 1. The predicted molar refractivity (Wildman–Crippen MR) is 190 cm³/mol. The van der Waals surface area contributed by atoms with Crippen molar-refractivity contribution < 1.29 is 27.7 Å². The van der Waals surface area contributed by atoms with Crippen LogP contribution in [-0.4, -0.2) is 49.9 Å². The van der Waals surface area contributed by atoms with Crippen LogP contribution in [0.3, 0.4) is 0 Å². The highest BCUT2D eigenvalue weighted by molar-refractivity contribution is 8.39. The molecule has 2 heterocycles. The largest absolute Gasteiger partial charge is 0.582 e. The van der Waals surface area contributed by atoms with Gasteiger partial charge in [0.15, 0.2) is 20.6 Å². The second kappa shape index (κ2) is 14.6. The zero-order chi connectivity index (χ0) is 34.7. The molecule has 0 bridgehead atoms. The van der Waals surface area contributed by atoms with Crippen LogP contribution >= 0.6 is 19.5 Å². The number of hydrogen-bond donors (Lipinski definition) is 2. The molecule has 3 aromatic carbocycles. The molecule has 1 aromatic heterocycles. The molecule has 1 unspecified atom stereocenters. The highest BCUT2D eigenvalue weighted by Crippen LogP contribution is 2.47. The number of aromatic amines is 1. The topological polar surface area (TPSA) is 118 Å². The standard InChI is InChI=1S/C35H41N2O8PSSi/c1-34(2,3)48(5,6)45-31-30(44-46(40)47)28(43-32(31)37-22-21-29(38)36-33(37)39)23-42-35(24-13-9-7-10-14-24,25-15-11-8-12-16-25)26-17-19-27(41-4)20-18-26/h7-22,28,30-32H,23H2,1-6H3,(H-,36,38,39,40,47)/p+1/t28-,30-,31-,32-/m1/s1. The Morgan fingerprint density at radius 1 is 0.875 bits per heavy atom. The predicted octanol–water partition coefficient (Wildman–Crippen LogP) is 6.81. The Morgan fingerprint density at radius 2 is 1.44 bits per heavy atom. The van der Waals surface area contributed by atoms with Crippen molar-refractivity contribution in [2.24, 2.45) is 0 Å². The number of aromatic nitrogens is 2. The summed E-state index contributed by atoms with van der Waals surface area (Å²) < 4.78 is 45.9. The highest BCUT2D eigenvalue weighted by Gasteiger charge is 2.55. The van der Waals surface area contributed by atoms with Gasteiger partial charge < -0.3 is 18.6 Å². The Bertz CT molecular complexity index is 1770. The summed E-state index contributed by atoms with van der Waals surface area (Å²) in [6, 6.07) is 28.6. The van der Waals surface area contributed by atoms with E-state index in [1.807, 2.05) is 84.9 Å². The fourth-order valence-electron chi connectivity index (χ4n) is 5.70. The number of methoxy groups -OCH3 is 1. The molecule has 13 heteroatoms. The van der Waals surface area contributed by atoms with Gasteiger partial charge in [-0.2, -0.15) is 0 Å². The van der Waals surface area contributed by atoms with Crippen molar-refractivity contribution in [3.63, 3.8) is 0 Å². The number of benzene rings is 3. The van der Waals surface area contributed by atoms with E-state index in [2.05, 4.69) is 51.1 Å². The van der Waals surface area contributed by atoms with Crippen LogP contribution < -0.4 is 16.0 Å². The molecule has 0 amide bonds. The van der Waals surface area contributed by atoms with Crippen LogP contribution in [0.25, 0.3) is 0 Å². The van der Waals surface area contributed by atoms with Crippen molar-refractivity contribution in [2.75, 3.05) is 13.7 Å². The summed E-state index contributed by atoms with van der Waals surface area (Å²) in [7, 11) is -3.35. The Hall–Kier alpha value is -3.35. The summed E-state index contributed by atoms with van der Waals surface area (Å²) in [4.78, 5) is 27.4. The van der Waals surface area contributed by atoms with Gasteiger partial charge in [-0.25, -0.2) is 4.79 Å². The summed E-state index contributed by atoms with van der Waals surface area (Å²) >= 11 is 4.11. The molecule has 1 N–H and O–H groups in total. The highest BCUT2D eigenvalue weighted by atomic mass is 32.7. The third kappa shape index (κ3) is 7.45. The average molecular weight is 710 g/mol. The van der Waals surface area contributed by atoms with Gasteiger partial charge in [0.05, 0.1) is 13.7 Å². The van der Waals surface area contributed by atoms with Crippen LogP contribution in [0, 0.1) is 0 Å². The van der Waals surface area contributed by atoms with E-state index in [9.17, 15) is 14.2 Å². The van der Waals surface area contributed by atoms with Gasteiger partial charge in [-0.05, 0) is 51.5 Å². The van der Waals surface area contributed by atoms with Crippen LogP contribution in [0.15, 0.2) is 107 Å². The lowest BCUT2D eigenvalue weighted by atomic mass is 9.80. The Labute approximate surface area is 287 Å². The van der Waals surface area contributed by atoms with E-state index in [-0.39, 0.29) is 11.6 Å². The molecule has 0 saturated carbocycles. The minimum absolute atomic E-state index is 0.0661. The van der Waals surface area contributed by atoms with Crippen LogP contribution in [0.2, 0.25) is 18.1 Å². The van der Waals surface area contributed by atoms with Gasteiger partial charge in [-0.15, -0.1) is 4.52 Å². The maximum Gasteiger partial charge on any atom is 0.582 e. The van der Waals surface area contributed by atoms with Gasteiger partial charge in [0.25, 0.3) is 5.56 Å². The fourth-order valence-corrected chi connectivity index (χ4v) is 7.77.